The van der Waals surface area contributed by atoms with Gasteiger partial charge in [0.1, 0.15) is 11.6 Å². The zero-order chi connectivity index (χ0) is 9.97. The van der Waals surface area contributed by atoms with Gasteiger partial charge in [0.2, 0.25) is 0 Å². The number of benzene rings is 1. The maximum atomic E-state index is 11.4. The lowest BCUT2D eigenvalue weighted by atomic mass is 10.2. The topological polar surface area (TPSA) is 64.9 Å². The van der Waals surface area contributed by atoms with Crippen LogP contribution in [0.4, 0.5) is 11.4 Å². The van der Waals surface area contributed by atoms with Crippen molar-refractivity contribution in [3.8, 4) is 6.07 Å². The molecule has 2 N–H and O–H groups in total. The Hall–Kier alpha value is -2.28. The van der Waals surface area contributed by atoms with Crippen LogP contribution in [-0.2, 0) is 4.79 Å². The van der Waals surface area contributed by atoms with E-state index in [0.29, 0.717) is 5.69 Å². The van der Waals surface area contributed by atoms with Crippen LogP contribution in [0.3, 0.4) is 0 Å². The zero-order valence-corrected chi connectivity index (χ0v) is 7.24. The van der Waals surface area contributed by atoms with Gasteiger partial charge in [-0.1, -0.05) is 12.1 Å². The molecule has 0 spiro atoms. The Morgan fingerprint density at radius 3 is 2.64 bits per heavy atom. The summed E-state index contributed by atoms with van der Waals surface area (Å²) in [6.45, 7) is 0. The molecule has 1 aliphatic rings. The normalized spacial score (nSPS) is 13.9. The van der Waals surface area contributed by atoms with Crippen LogP contribution < -0.4 is 10.6 Å². The molecule has 1 aromatic carbocycles. The number of para-hydroxylation sites is 2. The van der Waals surface area contributed by atoms with Crippen LogP contribution in [0.5, 0.6) is 0 Å². The Morgan fingerprint density at radius 2 is 1.93 bits per heavy atom. The fourth-order valence-corrected chi connectivity index (χ4v) is 1.21. The summed E-state index contributed by atoms with van der Waals surface area (Å²) in [4.78, 5) is 11.4. The van der Waals surface area contributed by atoms with Crippen molar-refractivity contribution in [2.45, 2.75) is 0 Å². The number of carbonyl (C=O) groups excluding carboxylic acids is 1. The summed E-state index contributed by atoms with van der Waals surface area (Å²) in [5, 5.41) is 14.2. The Balaban J connectivity index is 2.44. The summed E-state index contributed by atoms with van der Waals surface area (Å²) in [5.41, 5.74) is 1.53. The largest absolute Gasteiger partial charge is 0.359 e. The van der Waals surface area contributed by atoms with Gasteiger partial charge in [0.05, 0.1) is 11.4 Å². The molecular formula is C10H7N3O. The van der Waals surface area contributed by atoms with Gasteiger partial charge >= 0.3 is 0 Å². The quantitative estimate of drug-likeness (QED) is 0.643. The van der Waals surface area contributed by atoms with E-state index in [1.54, 1.807) is 6.07 Å². The van der Waals surface area contributed by atoms with E-state index >= 15 is 0 Å². The standard InChI is InChI=1S/C10H7N3O/c11-5-7-6-12-8-3-1-2-4-9(8)13-10(7)14/h1-4,6,12H,(H,13,14). The van der Waals surface area contributed by atoms with Crippen molar-refractivity contribution in [3.63, 3.8) is 0 Å². The minimum Gasteiger partial charge on any atom is -0.359 e. The summed E-state index contributed by atoms with van der Waals surface area (Å²) < 4.78 is 0. The number of nitrogens with one attached hydrogen (secondary N) is 2. The molecule has 0 aromatic heterocycles. The lowest BCUT2D eigenvalue weighted by molar-refractivity contribution is -0.112. The van der Waals surface area contributed by atoms with Gasteiger partial charge in [0.15, 0.2) is 0 Å². The summed E-state index contributed by atoms with van der Waals surface area (Å²) >= 11 is 0. The second-order valence-electron chi connectivity index (χ2n) is 2.81. The van der Waals surface area contributed by atoms with Crippen molar-refractivity contribution in [3.05, 3.63) is 36.0 Å². The molecule has 1 aliphatic heterocycles. The van der Waals surface area contributed by atoms with Crippen molar-refractivity contribution >= 4 is 17.3 Å². The van der Waals surface area contributed by atoms with Gasteiger partial charge in [-0.05, 0) is 12.1 Å². The molecule has 0 bridgehead atoms. The number of carbonyl (C=O) groups is 1. The SMILES string of the molecule is N#CC1=CNc2ccccc2NC1=O. The van der Waals surface area contributed by atoms with E-state index < -0.39 is 0 Å². The van der Waals surface area contributed by atoms with E-state index in [1.807, 2.05) is 24.3 Å². The average Bonchev–Trinajstić information content (AvgIpc) is 2.36. The lowest BCUT2D eigenvalue weighted by Crippen LogP contribution is -2.11. The first-order valence-corrected chi connectivity index (χ1v) is 4.08. The molecule has 0 radical (unpaired) electrons. The molecule has 68 valence electrons. The summed E-state index contributed by atoms with van der Waals surface area (Å²) in [7, 11) is 0. The molecule has 0 saturated heterocycles. The van der Waals surface area contributed by atoms with E-state index in [9.17, 15) is 4.79 Å². The van der Waals surface area contributed by atoms with Crippen LogP contribution >= 0.6 is 0 Å². The summed E-state index contributed by atoms with van der Waals surface area (Å²) in [6, 6.07) is 9.08. The first kappa shape index (κ1) is 8.32. The third-order valence-electron chi connectivity index (χ3n) is 1.91. The van der Waals surface area contributed by atoms with Gasteiger partial charge in [-0.15, -0.1) is 0 Å². The van der Waals surface area contributed by atoms with E-state index in [0.717, 1.165) is 5.69 Å². The number of amides is 1. The first-order valence-electron chi connectivity index (χ1n) is 4.08. The molecule has 0 fully saturated rings. The number of hydrogen-bond acceptors (Lipinski definition) is 3. The van der Waals surface area contributed by atoms with Crippen LogP contribution in [0.25, 0.3) is 0 Å². The molecule has 0 atom stereocenters. The Bertz CT molecular complexity index is 457. The van der Waals surface area contributed by atoms with Gasteiger partial charge in [0.25, 0.3) is 5.91 Å². The van der Waals surface area contributed by atoms with Crippen molar-refractivity contribution in [2.75, 3.05) is 10.6 Å². The summed E-state index contributed by atoms with van der Waals surface area (Å²) in [5.74, 6) is -0.384. The van der Waals surface area contributed by atoms with E-state index in [4.69, 9.17) is 5.26 Å². The van der Waals surface area contributed by atoms with Gasteiger partial charge in [-0.25, -0.2) is 0 Å². The molecule has 0 unspecified atom stereocenters. The van der Waals surface area contributed by atoms with E-state index in [2.05, 4.69) is 10.6 Å². The van der Waals surface area contributed by atoms with Crippen LogP contribution in [-0.4, -0.2) is 5.91 Å². The molecule has 14 heavy (non-hydrogen) atoms. The number of rotatable bonds is 0. The minimum absolute atomic E-state index is 0.0706. The summed E-state index contributed by atoms with van der Waals surface area (Å²) in [6.07, 6.45) is 1.40. The highest BCUT2D eigenvalue weighted by Crippen LogP contribution is 2.23. The van der Waals surface area contributed by atoms with Gasteiger partial charge in [-0.3, -0.25) is 4.79 Å². The predicted molar refractivity (Wildman–Crippen MR) is 52.4 cm³/mol. The first-order chi connectivity index (χ1) is 6.81. The maximum absolute atomic E-state index is 11.4. The molecule has 2 rings (SSSR count). The number of nitriles is 1. The van der Waals surface area contributed by atoms with Gasteiger partial charge in [0, 0.05) is 6.20 Å². The van der Waals surface area contributed by atoms with Crippen LogP contribution in [0, 0.1) is 11.3 Å². The lowest BCUT2D eigenvalue weighted by Gasteiger charge is -2.05. The maximum Gasteiger partial charge on any atom is 0.267 e. The van der Waals surface area contributed by atoms with Crippen LogP contribution in [0.1, 0.15) is 0 Å². The number of hydrogen-bond donors (Lipinski definition) is 2. The number of anilines is 2. The molecular weight excluding hydrogens is 178 g/mol. The van der Waals surface area contributed by atoms with E-state index in [-0.39, 0.29) is 11.5 Å². The molecule has 4 heteroatoms. The molecule has 1 amide bonds. The highest BCUT2D eigenvalue weighted by atomic mass is 16.1. The third kappa shape index (κ3) is 1.31. The highest BCUT2D eigenvalue weighted by Gasteiger charge is 2.14. The van der Waals surface area contributed by atoms with Gasteiger partial charge in [-0.2, -0.15) is 5.26 Å². The average molecular weight is 185 g/mol. The Morgan fingerprint density at radius 1 is 1.21 bits per heavy atom. The zero-order valence-electron chi connectivity index (χ0n) is 7.24. The second kappa shape index (κ2) is 3.23. The predicted octanol–water partition coefficient (Wildman–Crippen LogP) is 1.46. The Kier molecular flexibility index (Phi) is 1.92. The smallest absolute Gasteiger partial charge is 0.267 e. The van der Waals surface area contributed by atoms with Crippen molar-refractivity contribution < 1.29 is 4.79 Å². The number of fused-ring (bicyclic) bond motifs is 1. The molecule has 4 nitrogen and oxygen atoms in total. The third-order valence-corrected chi connectivity index (χ3v) is 1.91. The molecule has 0 saturated carbocycles. The van der Waals surface area contributed by atoms with Crippen molar-refractivity contribution in [1.82, 2.24) is 0 Å². The number of nitrogens with zero attached hydrogens (tertiary/aromatic N) is 1. The molecule has 0 aliphatic carbocycles. The van der Waals surface area contributed by atoms with E-state index in [1.165, 1.54) is 6.20 Å². The van der Waals surface area contributed by atoms with Crippen molar-refractivity contribution in [1.29, 1.82) is 5.26 Å². The molecule has 1 aromatic rings. The second-order valence-corrected chi connectivity index (χ2v) is 2.81. The minimum atomic E-state index is -0.384. The van der Waals surface area contributed by atoms with Crippen LogP contribution in [0.2, 0.25) is 0 Å². The van der Waals surface area contributed by atoms with Gasteiger partial charge < -0.3 is 10.6 Å². The van der Waals surface area contributed by atoms with Crippen molar-refractivity contribution in [2.24, 2.45) is 0 Å². The monoisotopic (exact) mass is 185 g/mol. The highest BCUT2D eigenvalue weighted by molar-refractivity contribution is 6.09. The fourth-order valence-electron chi connectivity index (χ4n) is 1.21. The van der Waals surface area contributed by atoms with Crippen LogP contribution in [0.15, 0.2) is 36.0 Å². The Labute approximate surface area is 80.8 Å². The molecule has 1 heterocycles. The fraction of sp³-hybridized carbons (Fsp3) is 0.